The number of aromatic nitrogens is 3. The summed E-state index contributed by atoms with van der Waals surface area (Å²) in [5, 5.41) is 3.72. The number of rotatable bonds is 4. The van der Waals surface area contributed by atoms with Crippen LogP contribution in [0.25, 0.3) is 5.82 Å². The SMILES string of the molecule is CCCc1cc(CN)cc(-n2cc(C(F)(F)F)cn2)n1. The van der Waals surface area contributed by atoms with Crippen molar-refractivity contribution in [2.24, 2.45) is 5.73 Å². The summed E-state index contributed by atoms with van der Waals surface area (Å²) < 4.78 is 38.8. The second kappa shape index (κ2) is 5.62. The quantitative estimate of drug-likeness (QED) is 0.939. The Morgan fingerprint density at radius 1 is 1.30 bits per heavy atom. The molecule has 4 nitrogen and oxygen atoms in total. The standard InChI is InChI=1S/C13H15F3N4/c1-2-3-11-4-9(6-17)5-12(19-11)20-8-10(7-18-20)13(14,15)16/h4-5,7-8H,2-3,6,17H2,1H3. The molecular weight excluding hydrogens is 269 g/mol. The van der Waals surface area contributed by atoms with Gasteiger partial charge in [-0.15, -0.1) is 0 Å². The predicted molar refractivity (Wildman–Crippen MR) is 68.2 cm³/mol. The van der Waals surface area contributed by atoms with Crippen molar-refractivity contribution < 1.29 is 13.2 Å². The van der Waals surface area contributed by atoms with E-state index >= 15 is 0 Å². The van der Waals surface area contributed by atoms with E-state index in [0.29, 0.717) is 12.4 Å². The molecule has 0 aliphatic heterocycles. The third-order valence-electron chi connectivity index (χ3n) is 2.81. The van der Waals surface area contributed by atoms with Crippen molar-refractivity contribution in [2.45, 2.75) is 32.5 Å². The Labute approximate surface area is 114 Å². The lowest BCUT2D eigenvalue weighted by atomic mass is 10.1. The number of aryl methyl sites for hydroxylation is 1. The van der Waals surface area contributed by atoms with Gasteiger partial charge >= 0.3 is 6.18 Å². The van der Waals surface area contributed by atoms with Crippen LogP contribution in [0.4, 0.5) is 13.2 Å². The summed E-state index contributed by atoms with van der Waals surface area (Å²) in [6, 6.07) is 3.51. The molecule has 0 fully saturated rings. The molecule has 20 heavy (non-hydrogen) atoms. The number of hydrogen-bond donors (Lipinski definition) is 1. The average molecular weight is 284 g/mol. The third kappa shape index (κ3) is 3.16. The molecule has 108 valence electrons. The molecule has 2 aromatic heterocycles. The van der Waals surface area contributed by atoms with Crippen LogP contribution in [0.3, 0.4) is 0 Å². The molecule has 0 bridgehead atoms. The van der Waals surface area contributed by atoms with E-state index in [1.165, 1.54) is 0 Å². The van der Waals surface area contributed by atoms with Gasteiger partial charge in [0.15, 0.2) is 5.82 Å². The van der Waals surface area contributed by atoms with Crippen molar-refractivity contribution in [3.63, 3.8) is 0 Å². The van der Waals surface area contributed by atoms with Crippen molar-refractivity contribution >= 4 is 0 Å². The average Bonchev–Trinajstić information content (AvgIpc) is 2.88. The van der Waals surface area contributed by atoms with Gasteiger partial charge in [-0.2, -0.15) is 18.3 Å². The van der Waals surface area contributed by atoms with Crippen molar-refractivity contribution in [3.8, 4) is 5.82 Å². The highest BCUT2D eigenvalue weighted by molar-refractivity contribution is 5.31. The Morgan fingerprint density at radius 3 is 2.60 bits per heavy atom. The Hall–Kier alpha value is -1.89. The summed E-state index contributed by atoms with van der Waals surface area (Å²) in [6.07, 6.45) is -1.05. The maximum atomic E-state index is 12.6. The van der Waals surface area contributed by atoms with Crippen LogP contribution in [0.5, 0.6) is 0 Å². The summed E-state index contributed by atoms with van der Waals surface area (Å²) in [6.45, 7) is 2.31. The fourth-order valence-electron chi connectivity index (χ4n) is 1.85. The van der Waals surface area contributed by atoms with Gasteiger partial charge in [0.2, 0.25) is 0 Å². The zero-order valence-electron chi connectivity index (χ0n) is 11.0. The number of nitrogens with two attached hydrogens (primary N) is 1. The van der Waals surface area contributed by atoms with Crippen molar-refractivity contribution in [3.05, 3.63) is 41.3 Å². The van der Waals surface area contributed by atoms with Crippen molar-refractivity contribution in [1.82, 2.24) is 14.8 Å². The van der Waals surface area contributed by atoms with Crippen LogP contribution in [0.2, 0.25) is 0 Å². The van der Waals surface area contributed by atoms with Crippen molar-refractivity contribution in [2.75, 3.05) is 0 Å². The van der Waals surface area contributed by atoms with Gasteiger partial charge < -0.3 is 5.73 Å². The molecule has 0 unspecified atom stereocenters. The molecule has 2 heterocycles. The molecule has 0 amide bonds. The van der Waals surface area contributed by atoms with E-state index in [0.717, 1.165) is 41.2 Å². The van der Waals surface area contributed by atoms with E-state index in [-0.39, 0.29) is 0 Å². The van der Waals surface area contributed by atoms with Crippen LogP contribution < -0.4 is 5.73 Å². The minimum atomic E-state index is -4.41. The molecule has 2 N–H and O–H groups in total. The van der Waals surface area contributed by atoms with Crippen LogP contribution in [-0.2, 0) is 19.1 Å². The van der Waals surface area contributed by atoms with Gasteiger partial charge in [0.05, 0.1) is 11.8 Å². The van der Waals surface area contributed by atoms with E-state index in [1.54, 1.807) is 6.07 Å². The van der Waals surface area contributed by atoms with Crippen LogP contribution in [0, 0.1) is 0 Å². The van der Waals surface area contributed by atoms with E-state index in [2.05, 4.69) is 10.1 Å². The summed E-state index contributed by atoms with van der Waals surface area (Å²) >= 11 is 0. The monoisotopic (exact) mass is 284 g/mol. The molecule has 0 saturated carbocycles. The predicted octanol–water partition coefficient (Wildman–Crippen LogP) is 2.70. The second-order valence-corrected chi connectivity index (χ2v) is 4.45. The van der Waals surface area contributed by atoms with Crippen LogP contribution in [-0.4, -0.2) is 14.8 Å². The minimum Gasteiger partial charge on any atom is -0.326 e. The third-order valence-corrected chi connectivity index (χ3v) is 2.81. The van der Waals surface area contributed by atoms with Gasteiger partial charge in [0, 0.05) is 18.4 Å². The van der Waals surface area contributed by atoms with Crippen LogP contribution in [0.15, 0.2) is 24.5 Å². The fourth-order valence-corrected chi connectivity index (χ4v) is 1.85. The number of pyridine rings is 1. The van der Waals surface area contributed by atoms with Gasteiger partial charge in [-0.1, -0.05) is 13.3 Å². The van der Waals surface area contributed by atoms with Crippen LogP contribution >= 0.6 is 0 Å². The van der Waals surface area contributed by atoms with Gasteiger partial charge in [-0.3, -0.25) is 0 Å². The van der Waals surface area contributed by atoms with E-state index < -0.39 is 11.7 Å². The lowest BCUT2D eigenvalue weighted by Gasteiger charge is -2.07. The molecule has 0 saturated heterocycles. The van der Waals surface area contributed by atoms with E-state index in [1.807, 2.05) is 13.0 Å². The lowest BCUT2D eigenvalue weighted by Crippen LogP contribution is -2.06. The van der Waals surface area contributed by atoms with Crippen LogP contribution in [0.1, 0.15) is 30.2 Å². The zero-order valence-corrected chi connectivity index (χ0v) is 11.0. The van der Waals surface area contributed by atoms with Gasteiger partial charge in [-0.25, -0.2) is 9.67 Å². The molecule has 2 rings (SSSR count). The first kappa shape index (κ1) is 14.5. The normalized spacial score (nSPS) is 11.8. The smallest absolute Gasteiger partial charge is 0.326 e. The second-order valence-electron chi connectivity index (χ2n) is 4.45. The summed E-state index contributed by atoms with van der Waals surface area (Å²) in [5.74, 6) is 0.354. The maximum Gasteiger partial charge on any atom is 0.419 e. The molecule has 0 radical (unpaired) electrons. The largest absolute Gasteiger partial charge is 0.419 e. The Balaban J connectivity index is 2.41. The molecule has 0 atom stereocenters. The zero-order chi connectivity index (χ0) is 14.8. The highest BCUT2D eigenvalue weighted by atomic mass is 19.4. The molecule has 0 aliphatic carbocycles. The first-order valence-electron chi connectivity index (χ1n) is 6.26. The van der Waals surface area contributed by atoms with E-state index in [9.17, 15) is 13.2 Å². The molecule has 2 aromatic rings. The number of nitrogens with zero attached hydrogens (tertiary/aromatic N) is 3. The highest BCUT2D eigenvalue weighted by Gasteiger charge is 2.32. The summed E-state index contributed by atoms with van der Waals surface area (Å²) in [7, 11) is 0. The Kier molecular flexibility index (Phi) is 4.08. The summed E-state index contributed by atoms with van der Waals surface area (Å²) in [5.41, 5.74) is 6.42. The minimum absolute atomic E-state index is 0.305. The van der Waals surface area contributed by atoms with Gasteiger partial charge in [0.1, 0.15) is 0 Å². The molecule has 7 heteroatoms. The first-order chi connectivity index (χ1) is 9.44. The van der Waals surface area contributed by atoms with E-state index in [4.69, 9.17) is 5.73 Å². The van der Waals surface area contributed by atoms with Crippen molar-refractivity contribution in [1.29, 1.82) is 0 Å². The molecule has 0 aromatic carbocycles. The fraction of sp³-hybridized carbons (Fsp3) is 0.385. The number of alkyl halides is 3. The maximum absolute atomic E-state index is 12.6. The van der Waals surface area contributed by atoms with Gasteiger partial charge in [0.25, 0.3) is 0 Å². The Morgan fingerprint density at radius 2 is 2.05 bits per heavy atom. The highest BCUT2D eigenvalue weighted by Crippen LogP contribution is 2.29. The topological polar surface area (TPSA) is 56.7 Å². The Bertz CT molecular complexity index is 590. The number of halogens is 3. The molecular formula is C13H15F3N4. The molecule has 0 aliphatic rings. The molecule has 0 spiro atoms. The lowest BCUT2D eigenvalue weighted by molar-refractivity contribution is -0.137. The van der Waals surface area contributed by atoms with Gasteiger partial charge in [-0.05, 0) is 24.1 Å². The first-order valence-corrected chi connectivity index (χ1v) is 6.26. The summed E-state index contributed by atoms with van der Waals surface area (Å²) in [4.78, 5) is 4.31. The number of hydrogen-bond acceptors (Lipinski definition) is 3.